The van der Waals surface area contributed by atoms with Crippen molar-refractivity contribution in [1.82, 2.24) is 16.0 Å². The highest BCUT2D eigenvalue weighted by atomic mass is 16.2. The van der Waals surface area contributed by atoms with Crippen molar-refractivity contribution in [1.29, 1.82) is 0 Å². The van der Waals surface area contributed by atoms with Gasteiger partial charge in [0.25, 0.3) is 0 Å². The third-order valence-corrected chi connectivity index (χ3v) is 3.86. The predicted molar refractivity (Wildman–Crippen MR) is 68.9 cm³/mol. The van der Waals surface area contributed by atoms with Crippen LogP contribution in [0.1, 0.15) is 45.4 Å². The van der Waals surface area contributed by atoms with Gasteiger partial charge in [-0.15, -0.1) is 0 Å². The maximum absolute atomic E-state index is 12.1. The number of carbonyl (C=O) groups excluding carboxylic acids is 1. The summed E-state index contributed by atoms with van der Waals surface area (Å²) < 4.78 is 0. The molecule has 1 aliphatic carbocycles. The summed E-state index contributed by atoms with van der Waals surface area (Å²) in [5.74, 6) is 0.177. The van der Waals surface area contributed by atoms with Gasteiger partial charge in [0.15, 0.2) is 0 Å². The molecular formula is C13H25N3O. The Morgan fingerprint density at radius 3 is 2.35 bits per heavy atom. The average molecular weight is 239 g/mol. The Hall–Kier alpha value is -0.610. The van der Waals surface area contributed by atoms with Crippen molar-refractivity contribution in [2.75, 3.05) is 13.1 Å². The molecule has 1 saturated carbocycles. The summed E-state index contributed by atoms with van der Waals surface area (Å²) in [5, 5.41) is 9.84. The Labute approximate surface area is 104 Å². The van der Waals surface area contributed by atoms with Crippen LogP contribution >= 0.6 is 0 Å². The van der Waals surface area contributed by atoms with Crippen LogP contribution in [0.2, 0.25) is 0 Å². The summed E-state index contributed by atoms with van der Waals surface area (Å²) in [4.78, 5) is 12.1. The number of rotatable bonds is 2. The third-order valence-electron chi connectivity index (χ3n) is 3.86. The van der Waals surface area contributed by atoms with E-state index in [4.69, 9.17) is 0 Å². The van der Waals surface area contributed by atoms with Gasteiger partial charge in [-0.05, 0) is 19.8 Å². The van der Waals surface area contributed by atoms with Gasteiger partial charge >= 0.3 is 0 Å². The summed E-state index contributed by atoms with van der Waals surface area (Å²) in [7, 11) is 0. The second-order valence-corrected chi connectivity index (χ2v) is 5.47. The van der Waals surface area contributed by atoms with Crippen LogP contribution < -0.4 is 16.0 Å². The van der Waals surface area contributed by atoms with Crippen molar-refractivity contribution >= 4 is 5.91 Å². The number of piperazine rings is 1. The number of amides is 1. The van der Waals surface area contributed by atoms with E-state index in [-0.39, 0.29) is 11.9 Å². The Balaban J connectivity index is 1.75. The maximum atomic E-state index is 12.1. The molecule has 1 saturated heterocycles. The smallest absolute Gasteiger partial charge is 0.238 e. The molecule has 0 bridgehead atoms. The molecule has 0 aromatic carbocycles. The summed E-state index contributed by atoms with van der Waals surface area (Å²) in [6.45, 7) is 3.76. The van der Waals surface area contributed by atoms with Crippen LogP contribution in [0.3, 0.4) is 0 Å². The Bertz CT molecular complexity index is 241. The van der Waals surface area contributed by atoms with E-state index in [1.54, 1.807) is 0 Å². The van der Waals surface area contributed by atoms with Crippen molar-refractivity contribution in [3.8, 4) is 0 Å². The molecule has 4 nitrogen and oxygen atoms in total. The first-order valence-electron chi connectivity index (χ1n) is 7.03. The number of hydrogen-bond donors (Lipinski definition) is 3. The lowest BCUT2D eigenvalue weighted by Gasteiger charge is -2.29. The molecular weight excluding hydrogens is 214 g/mol. The lowest BCUT2D eigenvalue weighted by molar-refractivity contribution is -0.124. The lowest BCUT2D eigenvalue weighted by atomic mass is 10.1. The SMILES string of the molecule is CC1CNC(C(=O)NC2CCCCCC2)CN1. The molecule has 0 radical (unpaired) electrons. The van der Waals surface area contributed by atoms with Crippen molar-refractivity contribution in [3.63, 3.8) is 0 Å². The molecule has 3 N–H and O–H groups in total. The van der Waals surface area contributed by atoms with Crippen LogP contribution in [-0.4, -0.2) is 37.1 Å². The van der Waals surface area contributed by atoms with E-state index in [9.17, 15) is 4.79 Å². The van der Waals surface area contributed by atoms with Gasteiger partial charge in [0.05, 0.1) is 6.04 Å². The highest BCUT2D eigenvalue weighted by Crippen LogP contribution is 2.17. The van der Waals surface area contributed by atoms with E-state index in [0.29, 0.717) is 12.1 Å². The maximum Gasteiger partial charge on any atom is 0.238 e. The van der Waals surface area contributed by atoms with Gasteiger partial charge in [-0.25, -0.2) is 0 Å². The van der Waals surface area contributed by atoms with Crippen LogP contribution in [0.4, 0.5) is 0 Å². The van der Waals surface area contributed by atoms with E-state index in [1.165, 1.54) is 25.7 Å². The molecule has 1 aliphatic heterocycles. The van der Waals surface area contributed by atoms with Gasteiger partial charge < -0.3 is 16.0 Å². The molecule has 2 aliphatic rings. The van der Waals surface area contributed by atoms with Gasteiger partial charge in [-0.1, -0.05) is 25.7 Å². The van der Waals surface area contributed by atoms with E-state index in [1.807, 2.05) is 0 Å². The molecule has 2 rings (SSSR count). The first-order chi connectivity index (χ1) is 8.25. The van der Waals surface area contributed by atoms with Crippen molar-refractivity contribution in [2.45, 2.75) is 63.6 Å². The molecule has 17 heavy (non-hydrogen) atoms. The fourth-order valence-corrected chi connectivity index (χ4v) is 2.69. The second kappa shape index (κ2) is 6.36. The van der Waals surface area contributed by atoms with Crippen molar-refractivity contribution in [3.05, 3.63) is 0 Å². The first kappa shape index (κ1) is 12.8. The molecule has 4 heteroatoms. The zero-order valence-corrected chi connectivity index (χ0v) is 10.8. The van der Waals surface area contributed by atoms with Crippen LogP contribution in [0.25, 0.3) is 0 Å². The van der Waals surface area contributed by atoms with Crippen LogP contribution in [0.15, 0.2) is 0 Å². The molecule has 0 aromatic rings. The summed E-state index contributed by atoms with van der Waals surface area (Å²) >= 11 is 0. The fourth-order valence-electron chi connectivity index (χ4n) is 2.69. The van der Waals surface area contributed by atoms with Gasteiger partial charge in [-0.3, -0.25) is 4.79 Å². The standard InChI is InChI=1S/C13H25N3O/c1-10-8-15-12(9-14-10)13(17)16-11-6-4-2-3-5-7-11/h10-12,14-15H,2-9H2,1H3,(H,16,17). The Morgan fingerprint density at radius 2 is 1.76 bits per heavy atom. The van der Waals surface area contributed by atoms with E-state index < -0.39 is 0 Å². The third kappa shape index (κ3) is 3.96. The normalized spacial score (nSPS) is 31.8. The van der Waals surface area contributed by atoms with E-state index in [0.717, 1.165) is 25.9 Å². The quantitative estimate of drug-likeness (QED) is 0.624. The van der Waals surface area contributed by atoms with Crippen molar-refractivity contribution < 1.29 is 4.79 Å². The molecule has 1 heterocycles. The van der Waals surface area contributed by atoms with Crippen LogP contribution in [0, 0.1) is 0 Å². The highest BCUT2D eigenvalue weighted by Gasteiger charge is 2.25. The fraction of sp³-hybridized carbons (Fsp3) is 0.923. The lowest BCUT2D eigenvalue weighted by Crippen LogP contribution is -2.59. The van der Waals surface area contributed by atoms with Crippen molar-refractivity contribution in [2.24, 2.45) is 0 Å². The molecule has 2 fully saturated rings. The Kier molecular flexibility index (Phi) is 4.80. The first-order valence-corrected chi connectivity index (χ1v) is 7.03. The highest BCUT2D eigenvalue weighted by molar-refractivity contribution is 5.82. The largest absolute Gasteiger partial charge is 0.352 e. The van der Waals surface area contributed by atoms with Crippen LogP contribution in [0.5, 0.6) is 0 Å². The summed E-state index contributed by atoms with van der Waals surface area (Å²) in [5.41, 5.74) is 0. The molecule has 0 aromatic heterocycles. The minimum Gasteiger partial charge on any atom is -0.352 e. The van der Waals surface area contributed by atoms with E-state index in [2.05, 4.69) is 22.9 Å². The zero-order chi connectivity index (χ0) is 12.1. The summed E-state index contributed by atoms with van der Waals surface area (Å²) in [6.07, 6.45) is 7.49. The molecule has 1 amide bonds. The number of carbonyl (C=O) groups is 1. The average Bonchev–Trinajstić information content (AvgIpc) is 2.58. The van der Waals surface area contributed by atoms with Gasteiger partial charge in [0, 0.05) is 25.2 Å². The summed E-state index contributed by atoms with van der Waals surface area (Å²) in [6, 6.07) is 0.831. The van der Waals surface area contributed by atoms with Crippen LogP contribution in [-0.2, 0) is 4.79 Å². The number of nitrogens with one attached hydrogen (secondary N) is 3. The molecule has 2 atom stereocenters. The topological polar surface area (TPSA) is 53.2 Å². The van der Waals surface area contributed by atoms with Gasteiger partial charge in [0.1, 0.15) is 0 Å². The second-order valence-electron chi connectivity index (χ2n) is 5.47. The van der Waals surface area contributed by atoms with Gasteiger partial charge in [-0.2, -0.15) is 0 Å². The minimum atomic E-state index is -0.0468. The Morgan fingerprint density at radius 1 is 1.06 bits per heavy atom. The zero-order valence-electron chi connectivity index (χ0n) is 10.8. The van der Waals surface area contributed by atoms with E-state index >= 15 is 0 Å². The molecule has 0 spiro atoms. The minimum absolute atomic E-state index is 0.0468. The molecule has 2 unspecified atom stereocenters. The van der Waals surface area contributed by atoms with Gasteiger partial charge in [0.2, 0.25) is 5.91 Å². The monoisotopic (exact) mass is 239 g/mol. The number of hydrogen-bond acceptors (Lipinski definition) is 3. The predicted octanol–water partition coefficient (Wildman–Crippen LogP) is 0.775. The molecule has 98 valence electrons.